The Hall–Kier alpha value is -2.28. The van der Waals surface area contributed by atoms with E-state index >= 15 is 0 Å². The smallest absolute Gasteiger partial charge is 0.418 e. The molecule has 0 amide bonds. The van der Waals surface area contributed by atoms with Gasteiger partial charge < -0.3 is 10.4 Å². The van der Waals surface area contributed by atoms with Gasteiger partial charge in [0.15, 0.2) is 0 Å². The largest absolute Gasteiger partial charge is 0.477 e. The van der Waals surface area contributed by atoms with E-state index in [-0.39, 0.29) is 22.1 Å². The number of hydrogen-bond acceptors (Lipinski definition) is 3. The summed E-state index contributed by atoms with van der Waals surface area (Å²) in [5.41, 5.74) is -1.09. The summed E-state index contributed by atoms with van der Waals surface area (Å²) in [5, 5.41) is 11.2. The Morgan fingerprint density at radius 3 is 2.48 bits per heavy atom. The lowest BCUT2D eigenvalue weighted by molar-refractivity contribution is -0.136. The van der Waals surface area contributed by atoms with Gasteiger partial charge in [0.25, 0.3) is 0 Å². The van der Waals surface area contributed by atoms with E-state index in [2.05, 4.69) is 10.3 Å². The summed E-state index contributed by atoms with van der Waals surface area (Å²) in [4.78, 5) is 14.3. The second-order valence-corrected chi connectivity index (χ2v) is 4.49. The zero-order valence-corrected chi connectivity index (χ0v) is 11.0. The van der Waals surface area contributed by atoms with Crippen molar-refractivity contribution in [3.63, 3.8) is 0 Å². The van der Waals surface area contributed by atoms with E-state index in [1.54, 1.807) is 0 Å². The standard InChI is InChI=1S/C13H8ClF3N2O2/c14-7-1-3-10(9(5-7)13(15,16)17)19-8-2-4-11(12(20)21)18-6-8/h1-6,19H,(H,20,21). The van der Waals surface area contributed by atoms with Crippen molar-refractivity contribution in [1.82, 2.24) is 4.98 Å². The van der Waals surface area contributed by atoms with Crippen molar-refractivity contribution in [3.8, 4) is 0 Å². The Labute approximate surface area is 122 Å². The molecule has 0 bridgehead atoms. The number of anilines is 2. The number of halogens is 4. The summed E-state index contributed by atoms with van der Waals surface area (Å²) in [6.07, 6.45) is -3.43. The molecule has 2 rings (SSSR count). The molecule has 8 heteroatoms. The zero-order chi connectivity index (χ0) is 15.6. The van der Waals surface area contributed by atoms with Crippen molar-refractivity contribution >= 4 is 28.9 Å². The van der Waals surface area contributed by atoms with Crippen LogP contribution in [-0.4, -0.2) is 16.1 Å². The lowest BCUT2D eigenvalue weighted by atomic mass is 10.1. The highest BCUT2D eigenvalue weighted by molar-refractivity contribution is 6.30. The SMILES string of the molecule is O=C(O)c1ccc(Nc2ccc(Cl)cc2C(F)(F)F)cn1. The molecule has 0 spiro atoms. The van der Waals surface area contributed by atoms with E-state index in [1.165, 1.54) is 24.3 Å². The second-order valence-electron chi connectivity index (χ2n) is 4.05. The third-order valence-electron chi connectivity index (χ3n) is 2.55. The highest BCUT2D eigenvalue weighted by atomic mass is 35.5. The average molecular weight is 317 g/mol. The third-order valence-corrected chi connectivity index (χ3v) is 2.78. The topological polar surface area (TPSA) is 62.2 Å². The van der Waals surface area contributed by atoms with Crippen LogP contribution >= 0.6 is 11.6 Å². The van der Waals surface area contributed by atoms with Crippen LogP contribution in [0.2, 0.25) is 5.02 Å². The fourth-order valence-corrected chi connectivity index (χ4v) is 1.78. The number of nitrogens with zero attached hydrogens (tertiary/aromatic N) is 1. The van der Waals surface area contributed by atoms with Crippen LogP contribution in [0, 0.1) is 0 Å². The molecule has 0 fully saturated rings. The first-order valence-electron chi connectivity index (χ1n) is 5.60. The molecule has 110 valence electrons. The summed E-state index contributed by atoms with van der Waals surface area (Å²) in [5.74, 6) is -1.22. The number of carboxylic acids is 1. The van der Waals surface area contributed by atoms with Crippen LogP contribution in [0.1, 0.15) is 16.1 Å². The molecule has 0 radical (unpaired) electrons. The van der Waals surface area contributed by atoms with E-state index in [0.717, 1.165) is 12.3 Å². The summed E-state index contributed by atoms with van der Waals surface area (Å²) < 4.78 is 38.7. The van der Waals surface area contributed by atoms with Crippen LogP contribution < -0.4 is 5.32 Å². The van der Waals surface area contributed by atoms with Crippen LogP contribution in [-0.2, 0) is 6.18 Å². The van der Waals surface area contributed by atoms with E-state index in [4.69, 9.17) is 16.7 Å². The van der Waals surface area contributed by atoms with Crippen molar-refractivity contribution in [3.05, 3.63) is 52.8 Å². The molecule has 4 nitrogen and oxygen atoms in total. The van der Waals surface area contributed by atoms with Gasteiger partial charge in [-0.25, -0.2) is 9.78 Å². The van der Waals surface area contributed by atoms with Gasteiger partial charge in [-0.3, -0.25) is 0 Å². The number of rotatable bonds is 3. The van der Waals surface area contributed by atoms with Gasteiger partial charge in [0, 0.05) is 5.02 Å². The molecule has 21 heavy (non-hydrogen) atoms. The minimum Gasteiger partial charge on any atom is -0.477 e. The van der Waals surface area contributed by atoms with Crippen LogP contribution in [0.3, 0.4) is 0 Å². The minimum atomic E-state index is -4.57. The maximum absolute atomic E-state index is 12.9. The van der Waals surface area contributed by atoms with E-state index in [0.29, 0.717) is 0 Å². The number of carbonyl (C=O) groups is 1. The van der Waals surface area contributed by atoms with Gasteiger partial charge in [-0.15, -0.1) is 0 Å². The Morgan fingerprint density at radius 1 is 1.24 bits per heavy atom. The van der Waals surface area contributed by atoms with Crippen LogP contribution in [0.5, 0.6) is 0 Å². The fourth-order valence-electron chi connectivity index (χ4n) is 1.61. The molecule has 0 aliphatic heterocycles. The maximum atomic E-state index is 12.9. The minimum absolute atomic E-state index is 0.0350. The predicted molar refractivity (Wildman–Crippen MR) is 70.9 cm³/mol. The Kier molecular flexibility index (Phi) is 4.04. The highest BCUT2D eigenvalue weighted by Gasteiger charge is 2.33. The quantitative estimate of drug-likeness (QED) is 0.891. The zero-order valence-electron chi connectivity index (χ0n) is 10.3. The lowest BCUT2D eigenvalue weighted by Crippen LogP contribution is -2.09. The van der Waals surface area contributed by atoms with Crippen molar-refractivity contribution in [1.29, 1.82) is 0 Å². The number of carboxylic acid groups (broad SMARTS) is 1. The molecule has 1 aromatic heterocycles. The number of pyridine rings is 1. The molecule has 1 aromatic carbocycles. The van der Waals surface area contributed by atoms with Gasteiger partial charge >= 0.3 is 12.1 Å². The summed E-state index contributed by atoms with van der Waals surface area (Å²) >= 11 is 5.58. The highest BCUT2D eigenvalue weighted by Crippen LogP contribution is 2.37. The number of hydrogen-bond donors (Lipinski definition) is 2. The molecule has 0 atom stereocenters. The van der Waals surface area contributed by atoms with Crippen molar-refractivity contribution in [2.45, 2.75) is 6.18 Å². The fraction of sp³-hybridized carbons (Fsp3) is 0.0769. The van der Waals surface area contributed by atoms with Crippen molar-refractivity contribution in [2.24, 2.45) is 0 Å². The van der Waals surface area contributed by atoms with Gasteiger partial charge in [-0.2, -0.15) is 13.2 Å². The Morgan fingerprint density at radius 2 is 1.95 bits per heavy atom. The molecule has 0 unspecified atom stereocenters. The van der Waals surface area contributed by atoms with Crippen LogP contribution in [0.4, 0.5) is 24.5 Å². The van der Waals surface area contributed by atoms with Gasteiger partial charge in [-0.1, -0.05) is 11.6 Å². The monoisotopic (exact) mass is 316 g/mol. The Balaban J connectivity index is 2.33. The lowest BCUT2D eigenvalue weighted by Gasteiger charge is -2.14. The second kappa shape index (κ2) is 5.61. The summed E-state index contributed by atoms with van der Waals surface area (Å²) in [7, 11) is 0. The molecule has 0 aliphatic carbocycles. The van der Waals surface area contributed by atoms with Gasteiger partial charge in [-0.05, 0) is 30.3 Å². The summed E-state index contributed by atoms with van der Waals surface area (Å²) in [6, 6.07) is 5.83. The molecule has 0 saturated heterocycles. The summed E-state index contributed by atoms with van der Waals surface area (Å²) in [6.45, 7) is 0. The number of alkyl halides is 3. The number of benzene rings is 1. The maximum Gasteiger partial charge on any atom is 0.418 e. The van der Waals surface area contributed by atoms with E-state index in [1.807, 2.05) is 0 Å². The molecular weight excluding hydrogens is 309 g/mol. The molecule has 1 heterocycles. The van der Waals surface area contributed by atoms with Gasteiger partial charge in [0.05, 0.1) is 23.1 Å². The number of nitrogens with one attached hydrogen (secondary N) is 1. The average Bonchev–Trinajstić information content (AvgIpc) is 2.40. The third kappa shape index (κ3) is 3.63. The van der Waals surface area contributed by atoms with Crippen LogP contribution in [0.15, 0.2) is 36.5 Å². The number of aromatic nitrogens is 1. The van der Waals surface area contributed by atoms with Crippen molar-refractivity contribution < 1.29 is 23.1 Å². The Bertz CT molecular complexity index is 672. The van der Waals surface area contributed by atoms with Crippen molar-refractivity contribution in [2.75, 3.05) is 5.32 Å². The normalized spacial score (nSPS) is 11.2. The van der Waals surface area contributed by atoms with Gasteiger partial charge in [0.2, 0.25) is 0 Å². The predicted octanol–water partition coefficient (Wildman–Crippen LogP) is 4.20. The molecular formula is C13H8ClF3N2O2. The molecule has 0 saturated carbocycles. The van der Waals surface area contributed by atoms with E-state index in [9.17, 15) is 18.0 Å². The first-order chi connectivity index (χ1) is 9.77. The van der Waals surface area contributed by atoms with Gasteiger partial charge in [0.1, 0.15) is 5.69 Å². The molecule has 2 N–H and O–H groups in total. The first kappa shape index (κ1) is 15.1. The van der Waals surface area contributed by atoms with Crippen LogP contribution in [0.25, 0.3) is 0 Å². The van der Waals surface area contributed by atoms with E-state index < -0.39 is 17.7 Å². The molecule has 0 aliphatic rings. The molecule has 2 aromatic rings. The number of aromatic carboxylic acids is 1. The first-order valence-corrected chi connectivity index (χ1v) is 5.98.